The SMILES string of the molecule is CCC(C)CC(COCC(F)(F)C(F)F)NN. The van der Waals surface area contributed by atoms with Gasteiger partial charge in [-0.05, 0) is 12.3 Å². The average Bonchev–Trinajstić information content (AvgIpc) is 2.26. The van der Waals surface area contributed by atoms with Crippen LogP contribution in [0.15, 0.2) is 0 Å². The molecule has 2 atom stereocenters. The van der Waals surface area contributed by atoms with Crippen molar-refractivity contribution in [1.29, 1.82) is 0 Å². The molecule has 0 heterocycles. The molecule has 7 heteroatoms. The standard InChI is InChI=1S/C10H20F4N2O/c1-3-7(2)4-8(16-15)5-17-6-10(13,14)9(11)12/h7-9,16H,3-6,15H2,1-2H3. The number of nitrogens with two attached hydrogens (primary N) is 1. The summed E-state index contributed by atoms with van der Waals surface area (Å²) >= 11 is 0. The second-order valence-electron chi connectivity index (χ2n) is 4.19. The van der Waals surface area contributed by atoms with E-state index >= 15 is 0 Å². The van der Waals surface area contributed by atoms with Crippen molar-refractivity contribution in [2.24, 2.45) is 11.8 Å². The van der Waals surface area contributed by atoms with E-state index in [1.165, 1.54) is 0 Å². The van der Waals surface area contributed by atoms with E-state index in [1.54, 1.807) is 0 Å². The van der Waals surface area contributed by atoms with Crippen molar-refractivity contribution in [3.05, 3.63) is 0 Å². The van der Waals surface area contributed by atoms with E-state index in [9.17, 15) is 17.6 Å². The molecule has 0 radical (unpaired) electrons. The van der Waals surface area contributed by atoms with Gasteiger partial charge in [0.05, 0.1) is 6.61 Å². The zero-order valence-corrected chi connectivity index (χ0v) is 10.1. The Balaban J connectivity index is 3.92. The molecule has 0 aromatic rings. The van der Waals surface area contributed by atoms with Crippen LogP contribution in [0.2, 0.25) is 0 Å². The molecule has 0 spiro atoms. The van der Waals surface area contributed by atoms with Gasteiger partial charge in [0.15, 0.2) is 0 Å². The number of hydrogen-bond acceptors (Lipinski definition) is 3. The number of halogens is 4. The highest BCUT2D eigenvalue weighted by molar-refractivity contribution is 4.70. The fraction of sp³-hybridized carbons (Fsp3) is 1.00. The molecule has 0 aromatic carbocycles. The predicted octanol–water partition coefficient (Wildman–Crippen LogP) is 2.17. The maximum absolute atomic E-state index is 12.5. The summed E-state index contributed by atoms with van der Waals surface area (Å²) < 4.78 is 53.2. The van der Waals surface area contributed by atoms with Crippen molar-refractivity contribution < 1.29 is 22.3 Å². The molecule has 0 saturated heterocycles. The van der Waals surface area contributed by atoms with Crippen molar-refractivity contribution in [1.82, 2.24) is 5.43 Å². The van der Waals surface area contributed by atoms with E-state index in [-0.39, 0.29) is 12.6 Å². The Morgan fingerprint density at radius 1 is 1.35 bits per heavy atom. The summed E-state index contributed by atoms with van der Waals surface area (Å²) in [5.41, 5.74) is 2.43. The topological polar surface area (TPSA) is 47.3 Å². The Kier molecular flexibility index (Phi) is 7.65. The predicted molar refractivity (Wildman–Crippen MR) is 57.0 cm³/mol. The van der Waals surface area contributed by atoms with Crippen LogP contribution in [0.3, 0.4) is 0 Å². The zero-order valence-electron chi connectivity index (χ0n) is 10.1. The lowest BCUT2D eigenvalue weighted by molar-refractivity contribution is -0.167. The highest BCUT2D eigenvalue weighted by atomic mass is 19.3. The molecule has 17 heavy (non-hydrogen) atoms. The Hall–Kier alpha value is -0.400. The van der Waals surface area contributed by atoms with Crippen LogP contribution < -0.4 is 11.3 Å². The molecule has 2 unspecified atom stereocenters. The first-order valence-corrected chi connectivity index (χ1v) is 5.53. The summed E-state index contributed by atoms with van der Waals surface area (Å²) in [4.78, 5) is 0. The molecular formula is C10H20F4N2O. The first-order chi connectivity index (χ1) is 7.83. The van der Waals surface area contributed by atoms with Crippen molar-refractivity contribution in [2.45, 2.75) is 45.1 Å². The van der Waals surface area contributed by atoms with Gasteiger partial charge in [-0.25, -0.2) is 8.78 Å². The number of rotatable bonds is 9. The van der Waals surface area contributed by atoms with Gasteiger partial charge in [0.25, 0.3) is 0 Å². The minimum Gasteiger partial charge on any atom is -0.373 e. The second-order valence-corrected chi connectivity index (χ2v) is 4.19. The minimum absolute atomic E-state index is 0.108. The highest BCUT2D eigenvalue weighted by Crippen LogP contribution is 2.23. The zero-order chi connectivity index (χ0) is 13.5. The summed E-state index contributed by atoms with van der Waals surface area (Å²) in [6, 6.07) is -0.307. The normalized spacial score (nSPS) is 16.2. The van der Waals surface area contributed by atoms with Gasteiger partial charge in [0, 0.05) is 6.04 Å². The Morgan fingerprint density at radius 3 is 2.35 bits per heavy atom. The third-order valence-electron chi connectivity index (χ3n) is 2.55. The van der Waals surface area contributed by atoms with Crippen molar-refractivity contribution in [2.75, 3.05) is 13.2 Å². The van der Waals surface area contributed by atoms with Gasteiger partial charge in [-0.2, -0.15) is 8.78 Å². The van der Waals surface area contributed by atoms with Crippen LogP contribution in [0.5, 0.6) is 0 Å². The average molecular weight is 260 g/mol. The van der Waals surface area contributed by atoms with E-state index in [0.29, 0.717) is 12.3 Å². The Labute approximate surface area is 98.7 Å². The summed E-state index contributed by atoms with van der Waals surface area (Å²) in [6.45, 7) is 2.58. The fourth-order valence-corrected chi connectivity index (χ4v) is 1.24. The van der Waals surface area contributed by atoms with Crippen LogP contribution in [0.4, 0.5) is 17.6 Å². The Morgan fingerprint density at radius 2 is 1.94 bits per heavy atom. The van der Waals surface area contributed by atoms with Gasteiger partial charge in [0.2, 0.25) is 0 Å². The minimum atomic E-state index is -4.10. The number of alkyl halides is 4. The molecule has 0 fully saturated rings. The van der Waals surface area contributed by atoms with Gasteiger partial charge < -0.3 is 4.74 Å². The fourth-order valence-electron chi connectivity index (χ4n) is 1.24. The van der Waals surface area contributed by atoms with Crippen molar-refractivity contribution in [3.8, 4) is 0 Å². The van der Waals surface area contributed by atoms with Crippen LogP contribution in [0.25, 0.3) is 0 Å². The third kappa shape index (κ3) is 6.80. The summed E-state index contributed by atoms with van der Waals surface area (Å²) in [7, 11) is 0. The first kappa shape index (κ1) is 16.6. The molecule has 0 amide bonds. The van der Waals surface area contributed by atoms with Gasteiger partial charge in [-0.15, -0.1) is 0 Å². The van der Waals surface area contributed by atoms with Crippen LogP contribution >= 0.6 is 0 Å². The van der Waals surface area contributed by atoms with Crippen LogP contribution in [0, 0.1) is 5.92 Å². The first-order valence-electron chi connectivity index (χ1n) is 5.53. The van der Waals surface area contributed by atoms with Gasteiger partial charge in [-0.1, -0.05) is 20.3 Å². The maximum Gasteiger partial charge on any atom is 0.330 e. The molecule has 3 nitrogen and oxygen atoms in total. The second kappa shape index (κ2) is 7.84. The number of nitrogens with one attached hydrogen (secondary N) is 1. The van der Waals surface area contributed by atoms with Crippen LogP contribution in [-0.2, 0) is 4.74 Å². The molecule has 0 bridgehead atoms. The van der Waals surface area contributed by atoms with Gasteiger partial charge in [0.1, 0.15) is 6.61 Å². The monoisotopic (exact) mass is 260 g/mol. The lowest BCUT2D eigenvalue weighted by atomic mass is 10.0. The van der Waals surface area contributed by atoms with E-state index in [4.69, 9.17) is 5.84 Å². The van der Waals surface area contributed by atoms with E-state index in [0.717, 1.165) is 6.42 Å². The highest BCUT2D eigenvalue weighted by Gasteiger charge is 2.41. The molecule has 0 saturated carbocycles. The quantitative estimate of drug-likeness (QED) is 0.379. The van der Waals surface area contributed by atoms with E-state index in [1.807, 2.05) is 13.8 Å². The lowest BCUT2D eigenvalue weighted by Crippen LogP contribution is -2.41. The largest absolute Gasteiger partial charge is 0.373 e. The van der Waals surface area contributed by atoms with Gasteiger partial charge in [-0.3, -0.25) is 11.3 Å². The molecular weight excluding hydrogens is 240 g/mol. The van der Waals surface area contributed by atoms with E-state index in [2.05, 4.69) is 10.2 Å². The molecule has 0 aromatic heterocycles. The van der Waals surface area contributed by atoms with Gasteiger partial charge >= 0.3 is 12.3 Å². The molecule has 0 aliphatic rings. The maximum atomic E-state index is 12.5. The number of hydrogen-bond donors (Lipinski definition) is 2. The molecule has 104 valence electrons. The Bertz CT molecular complexity index is 205. The lowest BCUT2D eigenvalue weighted by Gasteiger charge is -2.21. The molecule has 0 rings (SSSR count). The van der Waals surface area contributed by atoms with Crippen molar-refractivity contribution in [3.63, 3.8) is 0 Å². The summed E-state index contributed by atoms with van der Waals surface area (Å²) in [6.07, 6.45) is -2.14. The number of ether oxygens (including phenoxy) is 1. The number of hydrazine groups is 1. The van der Waals surface area contributed by atoms with Crippen LogP contribution in [0.1, 0.15) is 26.7 Å². The van der Waals surface area contributed by atoms with Crippen molar-refractivity contribution >= 4 is 0 Å². The molecule has 0 aliphatic heterocycles. The molecule has 3 N–H and O–H groups in total. The molecule has 0 aliphatic carbocycles. The van der Waals surface area contributed by atoms with Crippen LogP contribution in [-0.4, -0.2) is 31.6 Å². The summed E-state index contributed by atoms with van der Waals surface area (Å²) in [5, 5.41) is 0. The third-order valence-corrected chi connectivity index (χ3v) is 2.55. The summed E-state index contributed by atoms with van der Waals surface area (Å²) in [5.74, 6) is 1.47. The van der Waals surface area contributed by atoms with E-state index < -0.39 is 19.0 Å². The smallest absolute Gasteiger partial charge is 0.330 e.